The molecule has 4 bridgehead atoms. The fraction of sp³-hybridized carbons (Fsp3) is 0.612. The maximum atomic E-state index is 15.0. The van der Waals surface area contributed by atoms with Crippen LogP contribution in [0.15, 0.2) is 52.7 Å². The predicted molar refractivity (Wildman–Crippen MR) is 231 cm³/mol. The Morgan fingerprint density at radius 3 is 2.30 bits per heavy atom. The quantitative estimate of drug-likeness (QED) is 0.0744. The molecule has 11 nitrogen and oxygen atoms in total. The summed E-state index contributed by atoms with van der Waals surface area (Å²) >= 11 is 0. The molecule has 2 saturated heterocycles. The molecule has 1 aromatic rings. The van der Waals surface area contributed by atoms with E-state index in [9.17, 15) is 19.8 Å². The molecule has 3 aliphatic carbocycles. The van der Waals surface area contributed by atoms with Crippen LogP contribution in [0.1, 0.15) is 122 Å². The number of rotatable bonds is 16. The highest BCUT2D eigenvalue weighted by Gasteiger charge is 2.81. The Morgan fingerprint density at radius 2 is 1.62 bits per heavy atom. The SMILES string of the molecule is CC(C)=CCCC1(C)C=Cc2c(O)c3c(c(CC=C(C)C)c2O1)OC12C(=CC4CC1C(C)(C)OC2(C/C=C(/C)C(=O)OCCCCCN1CCN(CCO)CC1)C4=O)C3=O. The number of benzene rings is 1. The van der Waals surface area contributed by atoms with E-state index in [1.165, 1.54) is 5.57 Å². The summed E-state index contributed by atoms with van der Waals surface area (Å²) in [5.41, 5.74) is -0.520. The van der Waals surface area contributed by atoms with Crippen molar-refractivity contribution < 1.29 is 43.5 Å². The number of carbonyl (C=O) groups excluding carboxylic acids is 3. The standard InChI is InChI=1S/C49H66N2O9/c1-31(2)13-12-18-47(8)19-17-35-40(53)39-41(54)37-29-34-30-38-46(6,7)60-48(44(34)55,49(37,38)59-43(39)36(42(35)58-47)15-14-32(3)4)20-16-33(5)45(56)57-28-11-9-10-21-50-22-24-51(25-23-50)26-27-52/h13-14,16-17,19,29,34,38,52-53H,9-12,15,18,20-28,30H2,1-8H3/b33-16-. The summed E-state index contributed by atoms with van der Waals surface area (Å²) in [6, 6.07) is 0. The molecule has 11 heteroatoms. The predicted octanol–water partition coefficient (Wildman–Crippen LogP) is 7.48. The van der Waals surface area contributed by atoms with E-state index in [2.05, 4.69) is 35.8 Å². The molecule has 1 spiro atoms. The molecule has 1 saturated carbocycles. The monoisotopic (exact) mass is 826 g/mol. The molecule has 326 valence electrons. The van der Waals surface area contributed by atoms with E-state index in [1.54, 1.807) is 19.1 Å². The van der Waals surface area contributed by atoms with Crippen LogP contribution in [-0.4, -0.2) is 112 Å². The smallest absolute Gasteiger partial charge is 0.333 e. The number of esters is 1. The van der Waals surface area contributed by atoms with Crippen LogP contribution >= 0.6 is 0 Å². The van der Waals surface area contributed by atoms with Crippen molar-refractivity contribution in [3.8, 4) is 17.2 Å². The minimum atomic E-state index is -1.61. The number of fused-ring (bicyclic) bond motifs is 2. The molecule has 8 rings (SSSR count). The molecule has 1 aromatic carbocycles. The minimum absolute atomic E-state index is 0.0105. The van der Waals surface area contributed by atoms with Crippen molar-refractivity contribution in [1.29, 1.82) is 0 Å². The van der Waals surface area contributed by atoms with Gasteiger partial charge in [-0.3, -0.25) is 14.5 Å². The molecule has 0 radical (unpaired) electrons. The molecule has 7 aliphatic rings. The summed E-state index contributed by atoms with van der Waals surface area (Å²) < 4.78 is 26.8. The minimum Gasteiger partial charge on any atom is -0.506 e. The summed E-state index contributed by atoms with van der Waals surface area (Å²) in [4.78, 5) is 47.9. The van der Waals surface area contributed by atoms with Crippen LogP contribution in [0.5, 0.6) is 17.2 Å². The van der Waals surface area contributed by atoms with E-state index in [0.29, 0.717) is 53.9 Å². The van der Waals surface area contributed by atoms with E-state index in [0.717, 1.165) is 70.5 Å². The summed E-state index contributed by atoms with van der Waals surface area (Å²) in [7, 11) is 0. The van der Waals surface area contributed by atoms with E-state index in [1.807, 2.05) is 46.8 Å². The number of hydrogen-bond donors (Lipinski definition) is 2. The summed E-state index contributed by atoms with van der Waals surface area (Å²) in [6.07, 6.45) is 16.6. The van der Waals surface area contributed by atoms with Crippen molar-refractivity contribution in [2.45, 2.75) is 129 Å². The Bertz CT molecular complexity index is 2040. The molecule has 0 amide bonds. The van der Waals surface area contributed by atoms with E-state index >= 15 is 4.79 Å². The highest BCUT2D eigenvalue weighted by Crippen LogP contribution is 2.68. The fourth-order valence-electron chi connectivity index (χ4n) is 10.4. The fourth-order valence-corrected chi connectivity index (χ4v) is 10.4. The molecule has 5 atom stereocenters. The van der Waals surface area contributed by atoms with Crippen LogP contribution in [0.2, 0.25) is 0 Å². The van der Waals surface area contributed by atoms with Crippen molar-refractivity contribution in [3.05, 3.63) is 69.4 Å². The van der Waals surface area contributed by atoms with Crippen LogP contribution in [0, 0.1) is 11.8 Å². The third-order valence-corrected chi connectivity index (χ3v) is 13.7. The maximum absolute atomic E-state index is 15.0. The average molecular weight is 827 g/mol. The highest BCUT2D eigenvalue weighted by molar-refractivity contribution is 6.19. The number of Topliss-reactive ketones (excluding diaryl/α,β-unsaturated/α-hetero) is 2. The van der Waals surface area contributed by atoms with E-state index in [-0.39, 0.29) is 47.6 Å². The number of phenolic OH excluding ortho intramolecular Hbond substituents is 1. The number of aliphatic hydroxyl groups is 1. The lowest BCUT2D eigenvalue weighted by Gasteiger charge is -2.56. The van der Waals surface area contributed by atoms with Crippen molar-refractivity contribution >= 4 is 23.6 Å². The number of carbonyl (C=O) groups is 3. The number of unbranched alkanes of at least 4 members (excludes halogenated alkanes) is 2. The molecule has 3 fully saturated rings. The number of piperazine rings is 1. The van der Waals surface area contributed by atoms with Gasteiger partial charge in [0.15, 0.2) is 22.8 Å². The van der Waals surface area contributed by atoms with Crippen LogP contribution in [0.3, 0.4) is 0 Å². The average Bonchev–Trinajstić information content (AvgIpc) is 3.35. The Kier molecular flexibility index (Phi) is 12.5. The first-order chi connectivity index (χ1) is 28.5. The Balaban J connectivity index is 1.15. The van der Waals surface area contributed by atoms with Gasteiger partial charge in [-0.2, -0.15) is 0 Å². The first-order valence-corrected chi connectivity index (χ1v) is 22.1. The van der Waals surface area contributed by atoms with Gasteiger partial charge < -0.3 is 34.1 Å². The largest absolute Gasteiger partial charge is 0.506 e. The molecular weight excluding hydrogens is 761 g/mol. The highest BCUT2D eigenvalue weighted by atomic mass is 16.6. The number of nitrogens with zero attached hydrogens (tertiary/aromatic N) is 2. The van der Waals surface area contributed by atoms with Crippen molar-refractivity contribution in [3.63, 3.8) is 0 Å². The summed E-state index contributed by atoms with van der Waals surface area (Å²) in [5, 5.41) is 21.2. The molecular formula is C49H66N2O9. The van der Waals surface area contributed by atoms with Crippen LogP contribution in [-0.2, 0) is 25.5 Å². The Labute approximate surface area is 356 Å². The van der Waals surface area contributed by atoms with Crippen LogP contribution in [0.4, 0.5) is 0 Å². The van der Waals surface area contributed by atoms with Gasteiger partial charge in [-0.15, -0.1) is 0 Å². The normalized spacial score (nSPS) is 28.9. The maximum Gasteiger partial charge on any atom is 0.333 e. The lowest BCUT2D eigenvalue weighted by molar-refractivity contribution is -0.171. The molecule has 0 aromatic heterocycles. The van der Waals surface area contributed by atoms with Crippen LogP contribution < -0.4 is 9.47 Å². The Morgan fingerprint density at radius 1 is 0.917 bits per heavy atom. The topological polar surface area (TPSA) is 135 Å². The Hall–Kier alpha value is -4.03. The van der Waals surface area contributed by atoms with Gasteiger partial charge in [-0.1, -0.05) is 35.5 Å². The van der Waals surface area contributed by atoms with Gasteiger partial charge in [0.05, 0.1) is 24.4 Å². The molecule has 5 unspecified atom stereocenters. The summed E-state index contributed by atoms with van der Waals surface area (Å²) in [6.45, 7) is 21.9. The van der Waals surface area contributed by atoms with Crippen molar-refractivity contribution in [1.82, 2.24) is 9.80 Å². The number of phenols is 1. The van der Waals surface area contributed by atoms with Gasteiger partial charge in [0.25, 0.3) is 0 Å². The van der Waals surface area contributed by atoms with Crippen LogP contribution in [0.25, 0.3) is 6.08 Å². The van der Waals surface area contributed by atoms with Crippen molar-refractivity contribution in [2.75, 3.05) is 52.5 Å². The van der Waals surface area contributed by atoms with Gasteiger partial charge >= 0.3 is 5.97 Å². The van der Waals surface area contributed by atoms with Crippen molar-refractivity contribution in [2.24, 2.45) is 11.8 Å². The first-order valence-electron chi connectivity index (χ1n) is 22.1. The van der Waals surface area contributed by atoms with Gasteiger partial charge in [0.2, 0.25) is 0 Å². The third-order valence-electron chi connectivity index (χ3n) is 13.7. The molecule has 4 aliphatic heterocycles. The number of aromatic hydroxyl groups is 1. The molecule has 60 heavy (non-hydrogen) atoms. The second-order valence-electron chi connectivity index (χ2n) is 19.1. The van der Waals surface area contributed by atoms with E-state index < -0.39 is 34.3 Å². The van der Waals surface area contributed by atoms with E-state index in [4.69, 9.17) is 18.9 Å². The second-order valence-corrected chi connectivity index (χ2v) is 19.1. The van der Waals surface area contributed by atoms with Gasteiger partial charge in [-0.25, -0.2) is 4.79 Å². The zero-order chi connectivity index (χ0) is 43.2. The first kappa shape index (κ1) is 44.0. The van der Waals surface area contributed by atoms with Gasteiger partial charge in [-0.05, 0) is 119 Å². The van der Waals surface area contributed by atoms with Gasteiger partial charge in [0, 0.05) is 67.7 Å². The second kappa shape index (κ2) is 17.0. The number of ketones is 2. The van der Waals surface area contributed by atoms with Gasteiger partial charge in [0.1, 0.15) is 28.4 Å². The number of ether oxygens (including phenoxy) is 4. The number of allylic oxidation sites excluding steroid dienone is 5. The number of β-amino-alcohol motifs (C(OH)–C–C–N with tert-alkyl or cyclic N) is 1. The third kappa shape index (κ3) is 7.84. The summed E-state index contributed by atoms with van der Waals surface area (Å²) in [5.74, 6) is -1.47. The lowest BCUT2D eigenvalue weighted by atomic mass is 9.51. The zero-order valence-electron chi connectivity index (χ0n) is 37.1. The molecule has 4 heterocycles. The lowest BCUT2D eigenvalue weighted by Crippen LogP contribution is -2.72. The number of aliphatic hydroxyl groups excluding tert-OH is 1. The molecule has 2 N–H and O–H groups in total. The number of hydrogen-bond acceptors (Lipinski definition) is 11. The zero-order valence-corrected chi connectivity index (χ0v) is 37.1.